The first-order chi connectivity index (χ1) is 9.19. The van der Waals surface area contributed by atoms with Gasteiger partial charge in [-0.3, -0.25) is 0 Å². The van der Waals surface area contributed by atoms with Crippen LogP contribution in [-0.2, 0) is 9.47 Å². The van der Waals surface area contributed by atoms with Gasteiger partial charge in [-0.2, -0.15) is 0 Å². The SMILES string of the molecule is COCCOc1cc(OC2C[C@@H](C)[CH-]O2)ccc1Cl.[Cs+]. The van der Waals surface area contributed by atoms with E-state index in [0.717, 1.165) is 6.42 Å². The normalized spacial score (nSPS) is 21.4. The molecule has 4 nitrogen and oxygen atoms in total. The second kappa shape index (κ2) is 9.97. The van der Waals surface area contributed by atoms with E-state index in [0.29, 0.717) is 35.7 Å². The minimum atomic E-state index is -0.233. The Hall–Kier alpha value is 1.08. The standard InChI is InChI=1S/C14H18ClO4.Cs/c1-10-7-14(18-9-10)19-11-3-4-12(15)13(8-11)17-6-5-16-2;/h3-4,8-10,14H,5-7H2,1-2H3;/q-1;+1/t10-,14?;/m1./s1. The van der Waals surface area contributed by atoms with Crippen molar-refractivity contribution in [3.63, 3.8) is 0 Å². The van der Waals surface area contributed by atoms with Gasteiger partial charge in [0.15, 0.2) is 6.29 Å². The van der Waals surface area contributed by atoms with Crippen molar-refractivity contribution < 1.29 is 87.8 Å². The predicted molar refractivity (Wildman–Crippen MR) is 72.4 cm³/mol. The number of ether oxygens (including phenoxy) is 4. The van der Waals surface area contributed by atoms with Crippen LogP contribution < -0.4 is 78.4 Å². The number of hydrogen-bond donors (Lipinski definition) is 0. The van der Waals surface area contributed by atoms with Gasteiger partial charge in [0.05, 0.1) is 11.6 Å². The van der Waals surface area contributed by atoms with E-state index < -0.39 is 0 Å². The fourth-order valence-electron chi connectivity index (χ4n) is 1.77. The molecule has 106 valence electrons. The molecule has 0 amide bonds. The summed E-state index contributed by atoms with van der Waals surface area (Å²) in [5.41, 5.74) is 0. The van der Waals surface area contributed by atoms with Crippen LogP contribution in [0.4, 0.5) is 0 Å². The Labute approximate surface area is 183 Å². The molecular formula is C14H18ClCsO4. The van der Waals surface area contributed by atoms with Crippen LogP contribution in [0, 0.1) is 12.5 Å². The number of rotatable bonds is 6. The van der Waals surface area contributed by atoms with E-state index in [2.05, 4.69) is 6.92 Å². The molecule has 0 radical (unpaired) electrons. The molecule has 2 rings (SSSR count). The largest absolute Gasteiger partial charge is 1.00 e. The Balaban J connectivity index is 0.00000200. The van der Waals surface area contributed by atoms with Crippen molar-refractivity contribution in [3.8, 4) is 11.5 Å². The summed E-state index contributed by atoms with van der Waals surface area (Å²) >= 11 is 6.06. The predicted octanol–water partition coefficient (Wildman–Crippen LogP) is 0.292. The second-order valence-electron chi connectivity index (χ2n) is 4.47. The topological polar surface area (TPSA) is 36.9 Å². The van der Waals surface area contributed by atoms with Crippen LogP contribution in [0.1, 0.15) is 13.3 Å². The van der Waals surface area contributed by atoms with Crippen molar-refractivity contribution in [2.45, 2.75) is 19.6 Å². The molecule has 20 heavy (non-hydrogen) atoms. The molecular weight excluding hydrogens is 401 g/mol. The summed E-state index contributed by atoms with van der Waals surface area (Å²) in [6.07, 6.45) is 0.616. The number of methoxy groups -OCH3 is 1. The molecule has 1 saturated heterocycles. The van der Waals surface area contributed by atoms with Crippen molar-refractivity contribution in [2.75, 3.05) is 20.3 Å². The maximum Gasteiger partial charge on any atom is 1.00 e. The Morgan fingerprint density at radius 3 is 2.85 bits per heavy atom. The molecule has 1 heterocycles. The van der Waals surface area contributed by atoms with Crippen LogP contribution >= 0.6 is 11.6 Å². The summed E-state index contributed by atoms with van der Waals surface area (Å²) in [7, 11) is 1.62. The van der Waals surface area contributed by atoms with Crippen molar-refractivity contribution >= 4 is 11.6 Å². The molecule has 0 spiro atoms. The fourth-order valence-corrected chi connectivity index (χ4v) is 1.94. The molecule has 0 saturated carbocycles. The average Bonchev–Trinajstić information content (AvgIpc) is 2.79. The zero-order valence-corrected chi connectivity index (χ0v) is 19.1. The molecule has 1 aromatic carbocycles. The van der Waals surface area contributed by atoms with Gasteiger partial charge in [0.2, 0.25) is 0 Å². The molecule has 1 aliphatic rings. The molecule has 1 fully saturated rings. The third kappa shape index (κ3) is 6.06. The van der Waals surface area contributed by atoms with Gasteiger partial charge < -0.3 is 18.9 Å². The van der Waals surface area contributed by atoms with Gasteiger partial charge >= 0.3 is 68.9 Å². The molecule has 2 atom stereocenters. The van der Waals surface area contributed by atoms with Gasteiger partial charge in [-0.15, -0.1) is 5.92 Å². The van der Waals surface area contributed by atoms with E-state index in [1.807, 2.05) is 0 Å². The Bertz CT molecular complexity index is 416. The zero-order chi connectivity index (χ0) is 13.7. The van der Waals surface area contributed by atoms with Crippen LogP contribution in [0.25, 0.3) is 0 Å². The molecule has 1 aromatic rings. The fraction of sp³-hybridized carbons (Fsp3) is 0.500. The summed E-state index contributed by atoms with van der Waals surface area (Å²) < 4.78 is 21.6. The molecule has 0 aliphatic carbocycles. The summed E-state index contributed by atoms with van der Waals surface area (Å²) in [4.78, 5) is 0. The van der Waals surface area contributed by atoms with E-state index >= 15 is 0 Å². The minimum absolute atomic E-state index is 0. The van der Waals surface area contributed by atoms with E-state index in [4.69, 9.17) is 30.5 Å². The van der Waals surface area contributed by atoms with Gasteiger partial charge in [0, 0.05) is 13.2 Å². The third-order valence-electron chi connectivity index (χ3n) is 2.74. The molecule has 1 unspecified atom stereocenters. The Morgan fingerprint density at radius 2 is 2.20 bits per heavy atom. The molecule has 0 aromatic heterocycles. The summed E-state index contributed by atoms with van der Waals surface area (Å²) in [5.74, 6) is 1.69. The Kier molecular flexibility index (Phi) is 9.54. The minimum Gasteiger partial charge on any atom is -0.520 e. The maximum absolute atomic E-state index is 6.06. The van der Waals surface area contributed by atoms with Gasteiger partial charge in [-0.25, -0.2) is 6.61 Å². The van der Waals surface area contributed by atoms with Gasteiger partial charge in [-0.1, -0.05) is 18.5 Å². The van der Waals surface area contributed by atoms with E-state index in [-0.39, 0.29) is 75.2 Å². The van der Waals surface area contributed by atoms with Crippen molar-refractivity contribution in [1.29, 1.82) is 0 Å². The van der Waals surface area contributed by atoms with Crippen molar-refractivity contribution in [1.82, 2.24) is 0 Å². The van der Waals surface area contributed by atoms with E-state index in [1.54, 1.807) is 31.9 Å². The van der Waals surface area contributed by atoms with Crippen molar-refractivity contribution in [3.05, 3.63) is 29.8 Å². The number of hydrogen-bond acceptors (Lipinski definition) is 4. The molecule has 0 bridgehead atoms. The van der Waals surface area contributed by atoms with Crippen LogP contribution in [0.15, 0.2) is 18.2 Å². The van der Waals surface area contributed by atoms with E-state index in [1.165, 1.54) is 0 Å². The first-order valence-electron chi connectivity index (χ1n) is 6.26. The van der Waals surface area contributed by atoms with Gasteiger partial charge in [0.1, 0.15) is 18.1 Å². The Morgan fingerprint density at radius 1 is 1.40 bits per heavy atom. The summed E-state index contributed by atoms with van der Waals surface area (Å²) in [5, 5.41) is 0.552. The van der Waals surface area contributed by atoms with Crippen molar-refractivity contribution in [2.24, 2.45) is 5.92 Å². The molecule has 1 aliphatic heterocycles. The van der Waals surface area contributed by atoms with Crippen LogP contribution in [-0.4, -0.2) is 26.6 Å². The summed E-state index contributed by atoms with van der Waals surface area (Å²) in [6, 6.07) is 5.32. The van der Waals surface area contributed by atoms with Gasteiger partial charge in [0.25, 0.3) is 0 Å². The quantitative estimate of drug-likeness (QED) is 0.492. The molecule has 6 heteroatoms. The third-order valence-corrected chi connectivity index (χ3v) is 3.05. The van der Waals surface area contributed by atoms with Crippen LogP contribution in [0.2, 0.25) is 5.02 Å². The maximum atomic E-state index is 6.06. The van der Waals surface area contributed by atoms with Crippen LogP contribution in [0.5, 0.6) is 11.5 Å². The van der Waals surface area contributed by atoms with E-state index in [9.17, 15) is 0 Å². The zero-order valence-electron chi connectivity index (χ0n) is 12.1. The summed E-state index contributed by atoms with van der Waals surface area (Å²) in [6.45, 7) is 4.85. The monoisotopic (exact) mass is 418 g/mol. The molecule has 0 N–H and O–H groups in total. The average molecular weight is 419 g/mol. The first kappa shape index (κ1) is 19.1. The van der Waals surface area contributed by atoms with Crippen LogP contribution in [0.3, 0.4) is 0 Å². The number of benzene rings is 1. The van der Waals surface area contributed by atoms with Gasteiger partial charge in [-0.05, 0) is 18.6 Å². The number of halogens is 1. The first-order valence-corrected chi connectivity index (χ1v) is 6.63. The second-order valence-corrected chi connectivity index (χ2v) is 4.87. The smallest absolute Gasteiger partial charge is 0.520 e.